The van der Waals surface area contributed by atoms with Gasteiger partial charge in [-0.2, -0.15) is 5.10 Å². The van der Waals surface area contributed by atoms with Gasteiger partial charge in [-0.25, -0.2) is 12.8 Å². The fraction of sp³-hybridized carbons (Fsp3) is 0.211. The third kappa shape index (κ3) is 4.43. The van der Waals surface area contributed by atoms with Gasteiger partial charge in [-0.1, -0.05) is 6.07 Å². The largest absolute Gasteiger partial charge is 0.368 e. The molecular formula is C19H19FN4O4S. The molecule has 0 aromatic heterocycles. The van der Waals surface area contributed by atoms with Crippen molar-refractivity contribution < 1.29 is 22.4 Å². The van der Waals surface area contributed by atoms with Crippen LogP contribution in [0.3, 0.4) is 0 Å². The molecule has 0 saturated carbocycles. The highest BCUT2D eigenvalue weighted by atomic mass is 32.2. The number of aryl methyl sites for hydroxylation is 1. The summed E-state index contributed by atoms with van der Waals surface area (Å²) in [5.74, 6) is -1.72. The summed E-state index contributed by atoms with van der Waals surface area (Å²) in [4.78, 5) is 24.6. The molecule has 2 aromatic carbocycles. The van der Waals surface area contributed by atoms with Crippen molar-refractivity contribution in [3.63, 3.8) is 0 Å². The number of amides is 2. The Kier molecular flexibility index (Phi) is 5.38. The SMILES string of the molecule is Cc1ccc(S(C)(=O)=O)cc1NC(=O)C1=NN(c2ccc(F)cc2)[C@@H](C(N)=O)C1. The number of benzene rings is 2. The van der Waals surface area contributed by atoms with Crippen molar-refractivity contribution in [1.29, 1.82) is 0 Å². The van der Waals surface area contributed by atoms with Gasteiger partial charge in [0.15, 0.2) is 9.84 Å². The minimum absolute atomic E-state index is 0.0383. The fourth-order valence-corrected chi connectivity index (χ4v) is 3.51. The molecule has 1 aliphatic heterocycles. The molecule has 0 unspecified atom stereocenters. The lowest BCUT2D eigenvalue weighted by molar-refractivity contribution is -0.119. The average Bonchev–Trinajstić information content (AvgIpc) is 3.09. The number of hydrogen-bond acceptors (Lipinski definition) is 6. The maximum absolute atomic E-state index is 13.2. The van der Waals surface area contributed by atoms with E-state index in [0.29, 0.717) is 16.9 Å². The van der Waals surface area contributed by atoms with Crippen LogP contribution in [0.4, 0.5) is 15.8 Å². The number of sulfone groups is 1. The fourth-order valence-electron chi connectivity index (χ4n) is 2.86. The van der Waals surface area contributed by atoms with Crippen LogP contribution in [0, 0.1) is 12.7 Å². The molecule has 10 heteroatoms. The molecule has 1 aliphatic rings. The molecule has 1 atom stereocenters. The van der Waals surface area contributed by atoms with Crippen LogP contribution >= 0.6 is 0 Å². The number of nitrogens with zero attached hydrogens (tertiary/aromatic N) is 2. The molecule has 0 bridgehead atoms. The Balaban J connectivity index is 1.88. The number of halogens is 1. The van der Waals surface area contributed by atoms with Crippen LogP contribution in [-0.4, -0.2) is 38.2 Å². The van der Waals surface area contributed by atoms with E-state index in [1.54, 1.807) is 13.0 Å². The molecule has 0 fully saturated rings. The molecule has 0 spiro atoms. The first-order chi connectivity index (χ1) is 13.6. The Morgan fingerprint density at radius 2 is 1.86 bits per heavy atom. The Labute approximate surface area is 167 Å². The maximum Gasteiger partial charge on any atom is 0.271 e. The number of carbonyl (C=O) groups is 2. The monoisotopic (exact) mass is 418 g/mol. The van der Waals surface area contributed by atoms with Crippen molar-refractivity contribution in [3.05, 3.63) is 53.8 Å². The van der Waals surface area contributed by atoms with Crippen molar-refractivity contribution in [3.8, 4) is 0 Å². The van der Waals surface area contributed by atoms with Gasteiger partial charge >= 0.3 is 0 Å². The minimum Gasteiger partial charge on any atom is -0.368 e. The lowest BCUT2D eigenvalue weighted by Crippen LogP contribution is -2.39. The first kappa shape index (κ1) is 20.5. The van der Waals surface area contributed by atoms with Crippen molar-refractivity contribution in [2.75, 3.05) is 16.6 Å². The molecule has 3 N–H and O–H groups in total. The standard InChI is InChI=1S/C19H19FN4O4S/c1-11-3-8-14(29(2,27)28)9-15(11)22-19(26)16-10-17(18(21)25)24(23-16)13-6-4-12(20)5-7-13/h3-9,17H,10H2,1-2H3,(H2,21,25)(H,22,26)/t17-/m1/s1. The summed E-state index contributed by atoms with van der Waals surface area (Å²) in [5, 5.41) is 8.09. The van der Waals surface area contributed by atoms with E-state index in [1.165, 1.54) is 41.4 Å². The topological polar surface area (TPSA) is 122 Å². The highest BCUT2D eigenvalue weighted by Crippen LogP contribution is 2.26. The minimum atomic E-state index is -3.45. The third-order valence-corrected chi connectivity index (χ3v) is 5.59. The van der Waals surface area contributed by atoms with Gasteiger partial charge in [0.1, 0.15) is 17.6 Å². The predicted molar refractivity (Wildman–Crippen MR) is 107 cm³/mol. The van der Waals surface area contributed by atoms with Gasteiger partial charge < -0.3 is 11.1 Å². The molecule has 152 valence electrons. The van der Waals surface area contributed by atoms with Gasteiger partial charge in [-0.3, -0.25) is 14.6 Å². The van der Waals surface area contributed by atoms with E-state index in [4.69, 9.17) is 5.73 Å². The summed E-state index contributed by atoms with van der Waals surface area (Å²) < 4.78 is 36.7. The molecule has 0 aliphatic carbocycles. The van der Waals surface area contributed by atoms with E-state index in [9.17, 15) is 22.4 Å². The Morgan fingerprint density at radius 1 is 1.21 bits per heavy atom. The van der Waals surface area contributed by atoms with Gasteiger partial charge in [0.25, 0.3) is 5.91 Å². The average molecular weight is 418 g/mol. The normalized spacial score (nSPS) is 16.4. The second-order valence-corrected chi connectivity index (χ2v) is 8.71. The summed E-state index contributed by atoms with van der Waals surface area (Å²) in [6.45, 7) is 1.72. The summed E-state index contributed by atoms with van der Waals surface area (Å²) in [7, 11) is -3.45. The summed E-state index contributed by atoms with van der Waals surface area (Å²) in [5.41, 5.74) is 6.86. The molecule has 8 nitrogen and oxygen atoms in total. The zero-order chi connectivity index (χ0) is 21.3. The molecule has 0 radical (unpaired) electrons. The number of anilines is 2. The maximum atomic E-state index is 13.2. The second kappa shape index (κ2) is 7.63. The Hall–Kier alpha value is -3.27. The lowest BCUT2D eigenvalue weighted by Gasteiger charge is -2.20. The molecule has 2 aromatic rings. The first-order valence-electron chi connectivity index (χ1n) is 8.60. The van der Waals surface area contributed by atoms with E-state index < -0.39 is 33.5 Å². The van der Waals surface area contributed by atoms with Crippen molar-refractivity contribution in [2.45, 2.75) is 24.3 Å². The second-order valence-electron chi connectivity index (χ2n) is 6.69. The van der Waals surface area contributed by atoms with E-state index in [1.807, 2.05) is 0 Å². The summed E-state index contributed by atoms with van der Waals surface area (Å²) >= 11 is 0. The van der Waals surface area contributed by atoms with Crippen molar-refractivity contribution in [2.24, 2.45) is 10.8 Å². The third-order valence-electron chi connectivity index (χ3n) is 4.48. The van der Waals surface area contributed by atoms with E-state index in [2.05, 4.69) is 10.4 Å². The van der Waals surface area contributed by atoms with Gasteiger partial charge in [-0.05, 0) is 48.9 Å². The van der Waals surface area contributed by atoms with E-state index in [0.717, 1.165) is 6.26 Å². The Bertz CT molecular complexity index is 1110. The zero-order valence-corrected chi connectivity index (χ0v) is 16.5. The van der Waals surface area contributed by atoms with Gasteiger partial charge in [0.2, 0.25) is 5.91 Å². The van der Waals surface area contributed by atoms with Crippen LogP contribution < -0.4 is 16.1 Å². The number of rotatable bonds is 5. The predicted octanol–water partition coefficient (Wildman–Crippen LogP) is 1.60. The molecule has 29 heavy (non-hydrogen) atoms. The molecule has 2 amide bonds. The van der Waals surface area contributed by atoms with Gasteiger partial charge in [0.05, 0.1) is 10.6 Å². The van der Waals surface area contributed by atoms with E-state index in [-0.39, 0.29) is 17.0 Å². The highest BCUT2D eigenvalue weighted by molar-refractivity contribution is 7.90. The highest BCUT2D eigenvalue weighted by Gasteiger charge is 2.35. The molecule has 0 saturated heterocycles. The smallest absolute Gasteiger partial charge is 0.271 e. The summed E-state index contributed by atoms with van der Waals surface area (Å²) in [6.07, 6.45) is 1.03. The van der Waals surface area contributed by atoms with Crippen LogP contribution in [0.5, 0.6) is 0 Å². The number of primary amides is 1. The number of nitrogens with one attached hydrogen (secondary N) is 1. The molecule has 3 rings (SSSR count). The van der Waals surface area contributed by atoms with E-state index >= 15 is 0 Å². The number of carbonyl (C=O) groups excluding carboxylic acids is 2. The van der Waals surface area contributed by atoms with Crippen LogP contribution in [0.1, 0.15) is 12.0 Å². The van der Waals surface area contributed by atoms with Gasteiger partial charge in [-0.15, -0.1) is 0 Å². The summed E-state index contributed by atoms with van der Waals surface area (Å²) in [6, 6.07) is 8.77. The zero-order valence-electron chi connectivity index (χ0n) is 15.7. The first-order valence-corrected chi connectivity index (χ1v) is 10.5. The van der Waals surface area contributed by atoms with Crippen LogP contribution in [0.15, 0.2) is 52.5 Å². The number of hydrogen-bond donors (Lipinski definition) is 2. The number of hydrazone groups is 1. The van der Waals surface area contributed by atoms with Gasteiger partial charge in [0, 0.05) is 18.4 Å². The Morgan fingerprint density at radius 3 is 2.45 bits per heavy atom. The van der Waals surface area contributed by atoms with Crippen molar-refractivity contribution >= 4 is 38.7 Å². The molecule has 1 heterocycles. The van der Waals surface area contributed by atoms with Crippen LogP contribution in [-0.2, 0) is 19.4 Å². The quantitative estimate of drug-likeness (QED) is 0.764. The van der Waals surface area contributed by atoms with Crippen LogP contribution in [0.2, 0.25) is 0 Å². The molecular weight excluding hydrogens is 399 g/mol. The van der Waals surface area contributed by atoms with Crippen molar-refractivity contribution in [1.82, 2.24) is 0 Å². The van der Waals surface area contributed by atoms with Crippen LogP contribution in [0.25, 0.3) is 0 Å². The number of nitrogens with two attached hydrogens (primary N) is 1. The lowest BCUT2D eigenvalue weighted by atomic mass is 10.1.